The van der Waals surface area contributed by atoms with Crippen molar-refractivity contribution < 1.29 is 14.3 Å². The quantitative estimate of drug-likeness (QED) is 0.751. The Morgan fingerprint density at radius 1 is 1.28 bits per heavy atom. The van der Waals surface area contributed by atoms with Crippen LogP contribution in [0.1, 0.15) is 48.2 Å². The lowest BCUT2D eigenvalue weighted by Crippen LogP contribution is -2.29. The Labute approximate surface area is 174 Å². The molecule has 2 aromatic heterocycles. The molecule has 4 heterocycles. The van der Waals surface area contributed by atoms with Gasteiger partial charge in [0.25, 0.3) is 5.91 Å². The number of aromatic nitrogens is 3. The van der Waals surface area contributed by atoms with Gasteiger partial charge in [0.2, 0.25) is 0 Å². The number of hydrogen-bond acceptors (Lipinski definition) is 6. The van der Waals surface area contributed by atoms with E-state index >= 15 is 0 Å². The molecule has 2 saturated heterocycles. The zero-order valence-corrected chi connectivity index (χ0v) is 17.2. The highest BCUT2D eigenvalue weighted by molar-refractivity contribution is 7.08. The highest BCUT2D eigenvalue weighted by atomic mass is 32.1. The average Bonchev–Trinajstić information content (AvgIpc) is 3.51. The molecule has 0 spiro atoms. The Hall–Kier alpha value is -1.90. The van der Waals surface area contributed by atoms with Crippen molar-refractivity contribution in [1.82, 2.24) is 15.0 Å². The van der Waals surface area contributed by atoms with Crippen LogP contribution in [-0.4, -0.2) is 52.0 Å². The Bertz CT molecular complexity index is 872. The van der Waals surface area contributed by atoms with Crippen LogP contribution >= 0.6 is 11.3 Å². The second-order valence-corrected chi connectivity index (χ2v) is 9.13. The van der Waals surface area contributed by atoms with Crippen molar-refractivity contribution in [1.29, 1.82) is 0 Å². The summed E-state index contributed by atoms with van der Waals surface area (Å²) in [5.74, 6) is 0.722. The second-order valence-electron chi connectivity index (χ2n) is 8.35. The monoisotopic (exact) mass is 414 g/mol. The topological polar surface area (TPSA) is 78.6 Å². The van der Waals surface area contributed by atoms with Crippen molar-refractivity contribution in [3.63, 3.8) is 0 Å². The Balaban J connectivity index is 1.19. The number of thiophene rings is 1. The van der Waals surface area contributed by atoms with Gasteiger partial charge in [-0.1, -0.05) is 37.3 Å². The predicted octanol–water partition coefficient (Wildman–Crippen LogP) is 3.16. The van der Waals surface area contributed by atoms with E-state index in [1.54, 1.807) is 6.07 Å². The van der Waals surface area contributed by atoms with E-state index < -0.39 is 0 Å². The first-order chi connectivity index (χ1) is 14.3. The Kier molecular flexibility index (Phi) is 5.56. The van der Waals surface area contributed by atoms with Gasteiger partial charge in [0.05, 0.1) is 42.8 Å². The third kappa shape index (κ3) is 4.20. The van der Waals surface area contributed by atoms with E-state index in [0.717, 1.165) is 18.0 Å². The van der Waals surface area contributed by atoms with E-state index in [2.05, 4.69) is 21.5 Å². The molecule has 2 aromatic rings. The number of ether oxygens (including phenoxy) is 2. The SMILES string of the molecule is O=C(N=C1CO[C@@H]2[C@@H](Cn3cc(CC4CCCCC4)nn3)CO[C@H]12)c1ccsc1. The summed E-state index contributed by atoms with van der Waals surface area (Å²) in [5.41, 5.74) is 2.40. The van der Waals surface area contributed by atoms with Crippen molar-refractivity contribution in [3.8, 4) is 0 Å². The van der Waals surface area contributed by atoms with Crippen LogP contribution in [0.5, 0.6) is 0 Å². The number of amides is 1. The van der Waals surface area contributed by atoms with Crippen molar-refractivity contribution >= 4 is 23.0 Å². The summed E-state index contributed by atoms with van der Waals surface area (Å²) in [7, 11) is 0. The van der Waals surface area contributed by atoms with Gasteiger partial charge in [0, 0.05) is 17.5 Å². The largest absolute Gasteiger partial charge is 0.369 e. The predicted molar refractivity (Wildman–Crippen MR) is 109 cm³/mol. The number of carbonyl (C=O) groups excluding carboxylic acids is 1. The fraction of sp³-hybridized carbons (Fsp3) is 0.619. The van der Waals surface area contributed by atoms with Crippen LogP contribution in [0.25, 0.3) is 0 Å². The smallest absolute Gasteiger partial charge is 0.277 e. The van der Waals surface area contributed by atoms with Crippen LogP contribution < -0.4 is 0 Å². The average molecular weight is 415 g/mol. The minimum absolute atomic E-state index is 0.0741. The van der Waals surface area contributed by atoms with Gasteiger partial charge < -0.3 is 9.47 Å². The standard InChI is InChI=1S/C21H26N4O3S/c26-21(15-6-7-29-13-15)22-18-12-28-19-16(11-27-20(18)19)9-25-10-17(23-24-25)8-14-4-2-1-3-5-14/h6-7,10,13-14,16,19-20H,1-5,8-9,11-12H2/t16-,19+,20+/m0/s1. The summed E-state index contributed by atoms with van der Waals surface area (Å²) in [5, 5.41) is 12.4. The van der Waals surface area contributed by atoms with E-state index in [4.69, 9.17) is 9.47 Å². The molecule has 8 heteroatoms. The molecule has 0 bridgehead atoms. The summed E-state index contributed by atoms with van der Waals surface area (Å²) in [6.07, 6.45) is 9.49. The molecule has 1 aliphatic carbocycles. The molecule has 1 amide bonds. The minimum Gasteiger partial charge on any atom is -0.369 e. The third-order valence-electron chi connectivity index (χ3n) is 6.25. The number of rotatable bonds is 5. The van der Waals surface area contributed by atoms with E-state index in [1.807, 2.05) is 15.4 Å². The van der Waals surface area contributed by atoms with Crippen LogP contribution in [0.4, 0.5) is 0 Å². The molecule has 0 unspecified atom stereocenters. The van der Waals surface area contributed by atoms with E-state index in [1.165, 1.54) is 43.4 Å². The van der Waals surface area contributed by atoms with Gasteiger partial charge >= 0.3 is 0 Å². The third-order valence-corrected chi connectivity index (χ3v) is 6.93. The highest BCUT2D eigenvalue weighted by Crippen LogP contribution is 2.31. The maximum Gasteiger partial charge on any atom is 0.277 e. The first kappa shape index (κ1) is 19.1. The molecule has 0 N–H and O–H groups in total. The molecule has 0 aromatic carbocycles. The van der Waals surface area contributed by atoms with Crippen LogP contribution in [-0.2, 0) is 22.4 Å². The van der Waals surface area contributed by atoms with E-state index in [-0.39, 0.29) is 24.0 Å². The Morgan fingerprint density at radius 3 is 3.00 bits per heavy atom. The molecule has 3 atom stereocenters. The first-order valence-electron chi connectivity index (χ1n) is 10.5. The van der Waals surface area contributed by atoms with Crippen LogP contribution in [0.15, 0.2) is 28.0 Å². The lowest BCUT2D eigenvalue weighted by molar-refractivity contribution is 0.0605. The maximum atomic E-state index is 12.3. The molecule has 29 heavy (non-hydrogen) atoms. The molecular formula is C21H26N4O3S. The zero-order valence-electron chi connectivity index (χ0n) is 16.4. The van der Waals surface area contributed by atoms with Gasteiger partial charge in [-0.05, 0) is 23.8 Å². The van der Waals surface area contributed by atoms with Gasteiger partial charge in [-0.2, -0.15) is 11.3 Å². The maximum absolute atomic E-state index is 12.3. The van der Waals surface area contributed by atoms with Crippen LogP contribution in [0, 0.1) is 11.8 Å². The number of carbonyl (C=O) groups is 1. The first-order valence-corrected chi connectivity index (χ1v) is 11.5. The second kappa shape index (κ2) is 8.45. The summed E-state index contributed by atoms with van der Waals surface area (Å²) in [4.78, 5) is 16.5. The van der Waals surface area contributed by atoms with E-state index in [0.29, 0.717) is 31.0 Å². The fourth-order valence-electron chi connectivity index (χ4n) is 4.72. The molecule has 0 radical (unpaired) electrons. The summed E-state index contributed by atoms with van der Waals surface area (Å²) >= 11 is 1.49. The normalized spacial score (nSPS) is 28.8. The van der Waals surface area contributed by atoms with Gasteiger partial charge in [-0.25, -0.2) is 4.99 Å². The molecular weight excluding hydrogens is 388 g/mol. The van der Waals surface area contributed by atoms with Crippen molar-refractivity contribution in [2.45, 2.75) is 57.3 Å². The number of nitrogens with zero attached hydrogens (tertiary/aromatic N) is 4. The zero-order chi connectivity index (χ0) is 19.6. The van der Waals surface area contributed by atoms with Gasteiger partial charge in [0.15, 0.2) is 0 Å². The van der Waals surface area contributed by atoms with Crippen LogP contribution in [0.2, 0.25) is 0 Å². The van der Waals surface area contributed by atoms with Gasteiger partial charge in [-0.15, -0.1) is 5.10 Å². The lowest BCUT2D eigenvalue weighted by atomic mass is 9.86. The summed E-state index contributed by atoms with van der Waals surface area (Å²) in [6.45, 7) is 1.65. The van der Waals surface area contributed by atoms with Crippen molar-refractivity contribution in [2.24, 2.45) is 16.8 Å². The van der Waals surface area contributed by atoms with E-state index in [9.17, 15) is 4.79 Å². The summed E-state index contributed by atoms with van der Waals surface area (Å²) in [6, 6.07) is 1.79. The van der Waals surface area contributed by atoms with Gasteiger partial charge in [0.1, 0.15) is 6.10 Å². The molecule has 5 rings (SSSR count). The molecule has 1 saturated carbocycles. The van der Waals surface area contributed by atoms with Gasteiger partial charge in [-0.3, -0.25) is 9.48 Å². The molecule has 2 aliphatic heterocycles. The van der Waals surface area contributed by atoms with Crippen molar-refractivity contribution in [2.75, 3.05) is 13.2 Å². The molecule has 3 aliphatic rings. The minimum atomic E-state index is -0.229. The molecule has 7 nitrogen and oxygen atoms in total. The Morgan fingerprint density at radius 2 is 2.17 bits per heavy atom. The lowest BCUT2D eigenvalue weighted by Gasteiger charge is -2.20. The molecule has 3 fully saturated rings. The summed E-state index contributed by atoms with van der Waals surface area (Å²) < 4.78 is 13.8. The fourth-order valence-corrected chi connectivity index (χ4v) is 5.35. The van der Waals surface area contributed by atoms with Crippen molar-refractivity contribution in [3.05, 3.63) is 34.3 Å². The molecule has 154 valence electrons. The highest BCUT2D eigenvalue weighted by Gasteiger charge is 2.46. The number of aliphatic imine (C=N–C) groups is 1. The number of fused-ring (bicyclic) bond motifs is 1. The van der Waals surface area contributed by atoms with Crippen LogP contribution in [0.3, 0.4) is 0 Å². The number of hydrogen-bond donors (Lipinski definition) is 0.